The summed E-state index contributed by atoms with van der Waals surface area (Å²) < 4.78 is 28.7. The molecule has 4 nitrogen and oxygen atoms in total. The summed E-state index contributed by atoms with van der Waals surface area (Å²) in [6.45, 7) is 4.59. The largest absolute Gasteiger partial charge is 0.492 e. The third-order valence-corrected chi connectivity index (χ3v) is 4.04. The predicted octanol–water partition coefficient (Wildman–Crippen LogP) is 2.25. The van der Waals surface area contributed by atoms with Gasteiger partial charge in [0.05, 0.1) is 6.61 Å². The predicted molar refractivity (Wildman–Crippen MR) is 70.1 cm³/mol. The van der Waals surface area contributed by atoms with Gasteiger partial charge in [-0.25, -0.2) is 13.6 Å². The molecule has 1 saturated carbocycles. The Hall–Kier alpha value is -1.07. The first kappa shape index (κ1) is 13.4. The van der Waals surface area contributed by atoms with Crippen molar-refractivity contribution in [1.29, 1.82) is 0 Å². The Kier molecular flexibility index (Phi) is 3.64. The quantitative estimate of drug-likeness (QED) is 0.891. The number of benzene rings is 1. The maximum atomic E-state index is 11.6. The van der Waals surface area contributed by atoms with Crippen molar-refractivity contribution < 1.29 is 13.2 Å². The number of primary sulfonamides is 1. The van der Waals surface area contributed by atoms with Gasteiger partial charge in [-0.2, -0.15) is 0 Å². The summed E-state index contributed by atoms with van der Waals surface area (Å²) in [5, 5.41) is 5.24. The van der Waals surface area contributed by atoms with Gasteiger partial charge in [0.2, 0.25) is 10.0 Å². The fourth-order valence-electron chi connectivity index (χ4n) is 1.72. The van der Waals surface area contributed by atoms with E-state index >= 15 is 0 Å². The van der Waals surface area contributed by atoms with Crippen LogP contribution in [0.4, 0.5) is 0 Å². The number of rotatable bonds is 5. The number of ether oxygens (including phenoxy) is 1. The van der Waals surface area contributed by atoms with Crippen LogP contribution >= 0.6 is 0 Å². The maximum Gasteiger partial charge on any atom is 0.241 e. The van der Waals surface area contributed by atoms with Crippen LogP contribution in [0.2, 0.25) is 0 Å². The van der Waals surface area contributed by atoms with E-state index in [0.717, 1.165) is 18.4 Å². The topological polar surface area (TPSA) is 69.4 Å². The molecule has 100 valence electrons. The Bertz CT molecular complexity index is 533. The molecule has 0 heterocycles. The van der Waals surface area contributed by atoms with E-state index in [1.165, 1.54) is 0 Å². The van der Waals surface area contributed by atoms with Gasteiger partial charge in [0.15, 0.2) is 0 Å². The van der Waals surface area contributed by atoms with Gasteiger partial charge in [-0.05, 0) is 42.4 Å². The highest BCUT2D eigenvalue weighted by Crippen LogP contribution is 2.32. The minimum Gasteiger partial charge on any atom is -0.492 e. The lowest BCUT2D eigenvalue weighted by atomic mass is 10.0. The number of hydrogen-bond donors (Lipinski definition) is 1. The zero-order valence-electron chi connectivity index (χ0n) is 10.7. The second-order valence-corrected chi connectivity index (χ2v) is 6.69. The van der Waals surface area contributed by atoms with Gasteiger partial charge in [0, 0.05) is 0 Å². The Morgan fingerprint density at radius 2 is 2.06 bits per heavy atom. The van der Waals surface area contributed by atoms with Crippen LogP contribution in [0.15, 0.2) is 23.1 Å². The summed E-state index contributed by atoms with van der Waals surface area (Å²) in [5.41, 5.74) is 0.942. The van der Waals surface area contributed by atoms with E-state index in [1.54, 1.807) is 12.1 Å². The van der Waals surface area contributed by atoms with Gasteiger partial charge in [-0.3, -0.25) is 0 Å². The Labute approximate surface area is 108 Å². The molecule has 2 N–H and O–H groups in total. The molecule has 1 fully saturated rings. The second kappa shape index (κ2) is 4.90. The van der Waals surface area contributed by atoms with E-state index in [1.807, 2.05) is 19.9 Å². The molecule has 0 unspecified atom stereocenters. The highest BCUT2D eigenvalue weighted by molar-refractivity contribution is 7.89. The van der Waals surface area contributed by atoms with Crippen LogP contribution in [-0.2, 0) is 10.0 Å². The monoisotopic (exact) mass is 269 g/mol. The fraction of sp³-hybridized carbons (Fsp3) is 0.538. The van der Waals surface area contributed by atoms with Crippen LogP contribution in [0.1, 0.15) is 38.2 Å². The molecule has 0 amide bonds. The van der Waals surface area contributed by atoms with Crippen LogP contribution in [-0.4, -0.2) is 15.0 Å². The molecular formula is C13H19NO3S. The molecule has 1 aliphatic carbocycles. The first-order valence-electron chi connectivity index (χ1n) is 6.17. The molecule has 0 bridgehead atoms. The van der Waals surface area contributed by atoms with Crippen LogP contribution < -0.4 is 9.88 Å². The molecule has 1 aromatic carbocycles. The van der Waals surface area contributed by atoms with Crippen LogP contribution in [0, 0.1) is 5.92 Å². The molecule has 0 aliphatic heterocycles. The number of sulfonamides is 1. The normalized spacial score (nSPS) is 16.0. The van der Waals surface area contributed by atoms with Gasteiger partial charge in [-0.1, -0.05) is 19.9 Å². The highest BCUT2D eigenvalue weighted by Gasteiger charge is 2.24. The zero-order chi connectivity index (χ0) is 13.3. The van der Waals surface area contributed by atoms with Gasteiger partial charge in [0.25, 0.3) is 0 Å². The summed E-state index contributed by atoms with van der Waals surface area (Å²) >= 11 is 0. The van der Waals surface area contributed by atoms with Crippen molar-refractivity contribution in [3.8, 4) is 5.75 Å². The van der Waals surface area contributed by atoms with Crippen molar-refractivity contribution in [2.24, 2.45) is 11.1 Å². The minimum atomic E-state index is -3.74. The lowest BCUT2D eigenvalue weighted by molar-refractivity contribution is 0.292. The van der Waals surface area contributed by atoms with Crippen LogP contribution in [0.5, 0.6) is 5.75 Å². The first-order chi connectivity index (χ1) is 8.38. The first-order valence-corrected chi connectivity index (χ1v) is 7.72. The average Bonchev–Trinajstić information content (AvgIpc) is 3.08. The van der Waals surface area contributed by atoms with E-state index in [4.69, 9.17) is 9.88 Å². The Morgan fingerprint density at radius 1 is 1.39 bits per heavy atom. The lowest BCUT2D eigenvalue weighted by Gasteiger charge is -2.13. The summed E-state index contributed by atoms with van der Waals surface area (Å²) in [7, 11) is -3.74. The van der Waals surface area contributed by atoms with Crippen molar-refractivity contribution in [3.05, 3.63) is 23.8 Å². The van der Waals surface area contributed by atoms with Gasteiger partial charge < -0.3 is 4.74 Å². The molecule has 18 heavy (non-hydrogen) atoms. The van der Waals surface area contributed by atoms with Gasteiger partial charge >= 0.3 is 0 Å². The SMILES string of the molecule is CC(C)c1ccc(OCC2CC2)c(S(N)(=O)=O)c1. The maximum absolute atomic E-state index is 11.6. The summed E-state index contributed by atoms with van der Waals surface area (Å²) in [6, 6.07) is 5.21. The molecule has 1 aliphatic rings. The van der Waals surface area contributed by atoms with E-state index < -0.39 is 10.0 Å². The Balaban J connectivity index is 2.31. The van der Waals surface area contributed by atoms with Crippen molar-refractivity contribution in [2.45, 2.75) is 37.5 Å². The third kappa shape index (κ3) is 3.23. The Morgan fingerprint density at radius 3 is 2.56 bits per heavy atom. The third-order valence-electron chi connectivity index (χ3n) is 3.11. The van der Waals surface area contributed by atoms with Crippen molar-refractivity contribution >= 4 is 10.0 Å². The number of nitrogens with two attached hydrogens (primary N) is 1. The van der Waals surface area contributed by atoms with E-state index in [0.29, 0.717) is 18.3 Å². The van der Waals surface area contributed by atoms with Crippen molar-refractivity contribution in [1.82, 2.24) is 0 Å². The molecule has 2 rings (SSSR count). The van der Waals surface area contributed by atoms with Crippen LogP contribution in [0.3, 0.4) is 0 Å². The van der Waals surface area contributed by atoms with Gasteiger partial charge in [0.1, 0.15) is 10.6 Å². The minimum absolute atomic E-state index is 0.0920. The molecule has 5 heteroatoms. The summed E-state index contributed by atoms with van der Waals surface area (Å²) in [6.07, 6.45) is 2.32. The smallest absolute Gasteiger partial charge is 0.241 e. The van der Waals surface area contributed by atoms with Crippen LogP contribution in [0.25, 0.3) is 0 Å². The zero-order valence-corrected chi connectivity index (χ0v) is 11.5. The number of hydrogen-bond acceptors (Lipinski definition) is 3. The van der Waals surface area contributed by atoms with E-state index in [-0.39, 0.29) is 10.8 Å². The molecule has 0 atom stereocenters. The van der Waals surface area contributed by atoms with E-state index in [9.17, 15) is 8.42 Å². The molecule has 0 saturated heterocycles. The lowest BCUT2D eigenvalue weighted by Crippen LogP contribution is -2.15. The van der Waals surface area contributed by atoms with Gasteiger partial charge in [-0.15, -0.1) is 0 Å². The van der Waals surface area contributed by atoms with Crippen molar-refractivity contribution in [2.75, 3.05) is 6.61 Å². The molecular weight excluding hydrogens is 250 g/mol. The average molecular weight is 269 g/mol. The standard InChI is InChI=1S/C13H19NO3S/c1-9(2)11-5-6-12(17-8-10-3-4-10)13(7-11)18(14,15)16/h5-7,9-10H,3-4,8H2,1-2H3,(H2,14,15,16). The summed E-state index contributed by atoms with van der Waals surface area (Å²) in [4.78, 5) is 0.0920. The molecule has 0 radical (unpaired) electrons. The van der Waals surface area contributed by atoms with Crippen molar-refractivity contribution in [3.63, 3.8) is 0 Å². The molecule has 0 aromatic heterocycles. The fourth-order valence-corrected chi connectivity index (χ4v) is 2.43. The highest BCUT2D eigenvalue weighted by atomic mass is 32.2. The molecule has 0 spiro atoms. The van der Waals surface area contributed by atoms with E-state index in [2.05, 4.69) is 0 Å². The second-order valence-electron chi connectivity index (χ2n) is 5.16. The molecule has 1 aromatic rings. The summed E-state index contributed by atoms with van der Waals surface area (Å²) in [5.74, 6) is 1.19.